The predicted octanol–water partition coefficient (Wildman–Crippen LogP) is 2.30. The lowest BCUT2D eigenvalue weighted by Crippen LogP contribution is -2.34. The molecule has 2 aromatic rings. The van der Waals surface area contributed by atoms with E-state index in [9.17, 15) is 9.59 Å². The molecule has 0 aliphatic carbocycles. The standard InChI is InChI=1S/C19H21N3O2/c23-17(10-14-22-13-4-7-18(22)24)21-19(15-5-2-1-3-6-15)16-8-11-20-12-9-16/h1-3,5-6,8-9,11-12,19H,4,7,10,13-14H2,(H,21,23). The smallest absolute Gasteiger partial charge is 0.222 e. The number of aromatic nitrogens is 1. The molecule has 1 saturated heterocycles. The molecule has 2 heterocycles. The summed E-state index contributed by atoms with van der Waals surface area (Å²) in [6.07, 6.45) is 5.26. The number of pyridine rings is 1. The van der Waals surface area contributed by atoms with Crippen LogP contribution in [0.3, 0.4) is 0 Å². The van der Waals surface area contributed by atoms with Crippen LogP contribution in [0.15, 0.2) is 54.9 Å². The van der Waals surface area contributed by atoms with E-state index in [1.165, 1.54) is 0 Å². The summed E-state index contributed by atoms with van der Waals surface area (Å²) in [7, 11) is 0. The van der Waals surface area contributed by atoms with Gasteiger partial charge in [0.15, 0.2) is 0 Å². The first-order valence-electron chi connectivity index (χ1n) is 8.26. The van der Waals surface area contributed by atoms with Gasteiger partial charge in [-0.1, -0.05) is 30.3 Å². The number of benzene rings is 1. The molecule has 124 valence electrons. The van der Waals surface area contributed by atoms with Crippen LogP contribution in [-0.4, -0.2) is 34.8 Å². The minimum Gasteiger partial charge on any atom is -0.345 e. The van der Waals surface area contributed by atoms with Crippen molar-refractivity contribution in [1.82, 2.24) is 15.2 Å². The quantitative estimate of drug-likeness (QED) is 0.887. The van der Waals surface area contributed by atoms with Crippen molar-refractivity contribution in [3.8, 4) is 0 Å². The summed E-state index contributed by atoms with van der Waals surface area (Å²) in [4.78, 5) is 29.8. The second-order valence-electron chi connectivity index (χ2n) is 5.93. The molecule has 1 unspecified atom stereocenters. The van der Waals surface area contributed by atoms with Crippen molar-refractivity contribution in [2.24, 2.45) is 0 Å². The van der Waals surface area contributed by atoms with Crippen LogP contribution in [0, 0.1) is 0 Å². The Morgan fingerprint density at radius 2 is 1.83 bits per heavy atom. The molecule has 1 atom stereocenters. The van der Waals surface area contributed by atoms with E-state index in [4.69, 9.17) is 0 Å². The number of carbonyl (C=O) groups excluding carboxylic acids is 2. The van der Waals surface area contributed by atoms with Crippen LogP contribution in [0.1, 0.15) is 36.4 Å². The number of hydrogen-bond donors (Lipinski definition) is 1. The highest BCUT2D eigenvalue weighted by atomic mass is 16.2. The van der Waals surface area contributed by atoms with Gasteiger partial charge in [-0.3, -0.25) is 14.6 Å². The molecule has 1 N–H and O–H groups in total. The van der Waals surface area contributed by atoms with E-state index in [0.717, 1.165) is 24.1 Å². The van der Waals surface area contributed by atoms with Crippen LogP contribution in [0.5, 0.6) is 0 Å². The molecule has 1 aromatic carbocycles. The third-order valence-corrected chi connectivity index (χ3v) is 4.26. The normalized spacial score (nSPS) is 15.3. The molecule has 2 amide bonds. The Morgan fingerprint density at radius 3 is 2.50 bits per heavy atom. The van der Waals surface area contributed by atoms with Crippen LogP contribution in [0.2, 0.25) is 0 Å². The summed E-state index contributed by atoms with van der Waals surface area (Å²) >= 11 is 0. The Balaban J connectivity index is 1.68. The zero-order valence-corrected chi connectivity index (χ0v) is 13.5. The number of nitrogens with zero attached hydrogens (tertiary/aromatic N) is 2. The topological polar surface area (TPSA) is 62.3 Å². The lowest BCUT2D eigenvalue weighted by molar-refractivity contribution is -0.128. The SMILES string of the molecule is O=C(CCN1CCCC1=O)NC(c1ccccc1)c1ccncc1. The lowest BCUT2D eigenvalue weighted by atomic mass is 9.99. The van der Waals surface area contributed by atoms with Gasteiger partial charge in [0.2, 0.25) is 11.8 Å². The van der Waals surface area contributed by atoms with Crippen LogP contribution in [0.25, 0.3) is 0 Å². The third kappa shape index (κ3) is 3.98. The predicted molar refractivity (Wildman–Crippen MR) is 91.1 cm³/mol. The fraction of sp³-hybridized carbons (Fsp3) is 0.316. The highest BCUT2D eigenvalue weighted by molar-refractivity contribution is 5.80. The molecule has 0 saturated carbocycles. The van der Waals surface area contributed by atoms with Crippen molar-refractivity contribution < 1.29 is 9.59 Å². The maximum Gasteiger partial charge on any atom is 0.222 e. The zero-order chi connectivity index (χ0) is 16.8. The highest BCUT2D eigenvalue weighted by Gasteiger charge is 2.22. The number of rotatable bonds is 6. The van der Waals surface area contributed by atoms with Crippen LogP contribution < -0.4 is 5.32 Å². The molecule has 5 heteroatoms. The molecule has 0 radical (unpaired) electrons. The van der Waals surface area contributed by atoms with E-state index in [1.807, 2.05) is 42.5 Å². The Labute approximate surface area is 141 Å². The number of likely N-dealkylation sites (tertiary alicyclic amines) is 1. The second kappa shape index (κ2) is 7.73. The van der Waals surface area contributed by atoms with E-state index in [0.29, 0.717) is 19.4 Å². The summed E-state index contributed by atoms with van der Waals surface area (Å²) in [5.41, 5.74) is 2.01. The fourth-order valence-electron chi connectivity index (χ4n) is 2.97. The minimum absolute atomic E-state index is 0.0552. The average Bonchev–Trinajstić information content (AvgIpc) is 3.04. The summed E-state index contributed by atoms with van der Waals surface area (Å²) < 4.78 is 0. The van der Waals surface area contributed by atoms with Gasteiger partial charge in [-0.2, -0.15) is 0 Å². The molecular weight excluding hydrogens is 302 g/mol. The van der Waals surface area contributed by atoms with Gasteiger partial charge >= 0.3 is 0 Å². The van der Waals surface area contributed by atoms with Crippen molar-refractivity contribution in [3.05, 3.63) is 66.0 Å². The number of amides is 2. The van der Waals surface area contributed by atoms with Crippen LogP contribution >= 0.6 is 0 Å². The van der Waals surface area contributed by atoms with E-state index >= 15 is 0 Å². The first-order valence-corrected chi connectivity index (χ1v) is 8.26. The molecular formula is C19H21N3O2. The number of nitrogens with one attached hydrogen (secondary N) is 1. The molecule has 1 fully saturated rings. The van der Waals surface area contributed by atoms with Crippen molar-refractivity contribution >= 4 is 11.8 Å². The van der Waals surface area contributed by atoms with Crippen molar-refractivity contribution in [3.63, 3.8) is 0 Å². The third-order valence-electron chi connectivity index (χ3n) is 4.26. The number of carbonyl (C=O) groups is 2. The van der Waals surface area contributed by atoms with Gasteiger partial charge in [0, 0.05) is 38.3 Å². The van der Waals surface area contributed by atoms with E-state index < -0.39 is 0 Å². The summed E-state index contributed by atoms with van der Waals surface area (Å²) in [5, 5.41) is 3.08. The van der Waals surface area contributed by atoms with Crippen molar-refractivity contribution in [2.75, 3.05) is 13.1 Å². The summed E-state index contributed by atoms with van der Waals surface area (Å²) in [6.45, 7) is 1.25. The summed E-state index contributed by atoms with van der Waals surface area (Å²) in [6, 6.07) is 13.5. The van der Waals surface area contributed by atoms with Crippen molar-refractivity contribution in [1.29, 1.82) is 0 Å². The Bertz CT molecular complexity index is 649. The van der Waals surface area contributed by atoms with Gasteiger partial charge in [0.05, 0.1) is 6.04 Å². The van der Waals surface area contributed by atoms with E-state index in [1.54, 1.807) is 17.3 Å². The maximum atomic E-state index is 12.4. The first kappa shape index (κ1) is 16.2. The molecule has 1 aliphatic rings. The maximum absolute atomic E-state index is 12.4. The molecule has 24 heavy (non-hydrogen) atoms. The van der Waals surface area contributed by atoms with Gasteiger partial charge in [-0.25, -0.2) is 0 Å². The molecule has 0 spiro atoms. The van der Waals surface area contributed by atoms with Gasteiger partial charge in [-0.05, 0) is 29.7 Å². The Morgan fingerprint density at radius 1 is 1.12 bits per heavy atom. The fourth-order valence-corrected chi connectivity index (χ4v) is 2.97. The Kier molecular flexibility index (Phi) is 5.21. The minimum atomic E-state index is -0.212. The molecule has 1 aromatic heterocycles. The Hall–Kier alpha value is -2.69. The van der Waals surface area contributed by atoms with Gasteiger partial charge in [0.1, 0.15) is 0 Å². The molecule has 3 rings (SSSR count). The second-order valence-corrected chi connectivity index (χ2v) is 5.93. The van der Waals surface area contributed by atoms with E-state index in [2.05, 4.69) is 10.3 Å². The highest BCUT2D eigenvalue weighted by Crippen LogP contribution is 2.21. The lowest BCUT2D eigenvalue weighted by Gasteiger charge is -2.21. The summed E-state index contributed by atoms with van der Waals surface area (Å²) in [5.74, 6) is 0.0944. The molecule has 5 nitrogen and oxygen atoms in total. The van der Waals surface area contributed by atoms with Crippen LogP contribution in [-0.2, 0) is 9.59 Å². The zero-order valence-electron chi connectivity index (χ0n) is 13.5. The van der Waals surface area contributed by atoms with Crippen molar-refractivity contribution in [2.45, 2.75) is 25.3 Å². The first-order chi connectivity index (χ1) is 11.7. The average molecular weight is 323 g/mol. The largest absolute Gasteiger partial charge is 0.345 e. The van der Waals surface area contributed by atoms with E-state index in [-0.39, 0.29) is 17.9 Å². The van der Waals surface area contributed by atoms with Gasteiger partial charge < -0.3 is 10.2 Å². The van der Waals surface area contributed by atoms with Gasteiger partial charge in [0.25, 0.3) is 0 Å². The van der Waals surface area contributed by atoms with Crippen LogP contribution in [0.4, 0.5) is 0 Å². The van der Waals surface area contributed by atoms with Gasteiger partial charge in [-0.15, -0.1) is 0 Å². The molecule has 0 bridgehead atoms. The monoisotopic (exact) mass is 323 g/mol. The number of hydrogen-bond acceptors (Lipinski definition) is 3. The molecule has 1 aliphatic heterocycles.